The van der Waals surface area contributed by atoms with Crippen LogP contribution in [0.25, 0.3) is 0 Å². The molecule has 0 fully saturated rings. The summed E-state index contributed by atoms with van der Waals surface area (Å²) in [6.45, 7) is 2.56. The summed E-state index contributed by atoms with van der Waals surface area (Å²) in [5.41, 5.74) is 1.47. The van der Waals surface area contributed by atoms with E-state index in [4.69, 9.17) is 17.0 Å². The van der Waals surface area contributed by atoms with Crippen molar-refractivity contribution in [1.29, 1.82) is 0 Å². The third-order valence-corrected chi connectivity index (χ3v) is 3.92. The van der Waals surface area contributed by atoms with E-state index in [0.717, 1.165) is 24.4 Å². The van der Waals surface area contributed by atoms with Gasteiger partial charge in [-0.2, -0.15) is 11.8 Å². The molecule has 0 unspecified atom stereocenters. The monoisotopic (exact) mass is 325 g/mol. The molecule has 1 atom stereocenters. The molecule has 0 saturated heterocycles. The second-order valence-corrected chi connectivity index (χ2v) is 6.08. The Morgan fingerprint density at radius 2 is 2.33 bits per heavy atom. The number of amides is 1. The van der Waals surface area contributed by atoms with Crippen molar-refractivity contribution >= 4 is 46.4 Å². The van der Waals surface area contributed by atoms with E-state index >= 15 is 0 Å². The molecule has 0 bridgehead atoms. The third kappa shape index (κ3) is 4.50. The average Bonchev–Trinajstić information content (AvgIpc) is 2.45. The van der Waals surface area contributed by atoms with Gasteiger partial charge in [0.25, 0.3) is 5.91 Å². The molecule has 5 nitrogen and oxygen atoms in total. The number of hydrogen-bond donors (Lipinski definition) is 3. The largest absolute Gasteiger partial charge is 0.479 e. The smallest absolute Gasteiger partial charge is 0.265 e. The summed E-state index contributed by atoms with van der Waals surface area (Å²) in [6.07, 6.45) is 2.69. The lowest BCUT2D eigenvalue weighted by atomic mass is 10.2. The molecule has 7 heteroatoms. The maximum absolute atomic E-state index is 11.6. The Balaban J connectivity index is 1.91. The van der Waals surface area contributed by atoms with Crippen LogP contribution in [0.2, 0.25) is 0 Å². The minimum atomic E-state index is -0.463. The van der Waals surface area contributed by atoms with Crippen molar-refractivity contribution in [2.24, 2.45) is 0 Å². The Labute approximate surface area is 134 Å². The number of carbonyl (C=O) groups excluding carboxylic acids is 1. The van der Waals surface area contributed by atoms with Gasteiger partial charge in [0.05, 0.1) is 5.69 Å². The molecule has 114 valence electrons. The zero-order chi connectivity index (χ0) is 15.2. The fraction of sp³-hybridized carbons (Fsp3) is 0.429. The van der Waals surface area contributed by atoms with Crippen LogP contribution >= 0.6 is 24.0 Å². The zero-order valence-electron chi connectivity index (χ0n) is 12.1. The van der Waals surface area contributed by atoms with Gasteiger partial charge < -0.3 is 20.7 Å². The third-order valence-electron chi connectivity index (χ3n) is 2.98. The van der Waals surface area contributed by atoms with Crippen molar-refractivity contribution in [3.8, 4) is 5.75 Å². The number of thioether (sulfide) groups is 1. The lowest BCUT2D eigenvalue weighted by Gasteiger charge is -2.23. The van der Waals surface area contributed by atoms with Crippen molar-refractivity contribution in [3.63, 3.8) is 0 Å². The van der Waals surface area contributed by atoms with Gasteiger partial charge in [-0.15, -0.1) is 0 Å². The quantitative estimate of drug-likeness (QED) is 0.571. The van der Waals surface area contributed by atoms with Crippen LogP contribution in [0.5, 0.6) is 5.75 Å². The van der Waals surface area contributed by atoms with Gasteiger partial charge in [0.1, 0.15) is 5.75 Å². The molecule has 3 N–H and O–H groups in total. The van der Waals surface area contributed by atoms with Gasteiger partial charge in [0, 0.05) is 12.2 Å². The topological polar surface area (TPSA) is 62.4 Å². The second kappa shape index (κ2) is 7.51. The molecule has 0 aliphatic carbocycles. The average molecular weight is 325 g/mol. The molecular formula is C14H19N3O2S2. The standard InChI is InChI=1S/C14H19N3O2S2/c1-9-13(18)17-11-8-10(4-5-12(11)19-9)16-14(20)15-6-3-7-21-2/h4-5,8-9H,3,6-7H2,1-2H3,(H,17,18)(H2,15,16,20)/t9-/m1/s1. The summed E-state index contributed by atoms with van der Waals surface area (Å²) >= 11 is 7.05. The molecule has 0 radical (unpaired) electrons. The minimum absolute atomic E-state index is 0.141. The van der Waals surface area contributed by atoms with Gasteiger partial charge >= 0.3 is 0 Å². The molecule has 1 heterocycles. The van der Waals surface area contributed by atoms with Crippen molar-refractivity contribution in [2.45, 2.75) is 19.4 Å². The van der Waals surface area contributed by atoms with Crippen LogP contribution in [0, 0.1) is 0 Å². The van der Waals surface area contributed by atoms with E-state index in [1.165, 1.54) is 0 Å². The van der Waals surface area contributed by atoms with Gasteiger partial charge in [-0.1, -0.05) is 0 Å². The van der Waals surface area contributed by atoms with Crippen molar-refractivity contribution < 1.29 is 9.53 Å². The van der Waals surface area contributed by atoms with Crippen LogP contribution in [0.1, 0.15) is 13.3 Å². The molecule has 1 aliphatic heterocycles. The number of fused-ring (bicyclic) bond motifs is 1. The highest BCUT2D eigenvalue weighted by Crippen LogP contribution is 2.32. The summed E-state index contributed by atoms with van der Waals surface area (Å²) < 4.78 is 5.51. The highest BCUT2D eigenvalue weighted by molar-refractivity contribution is 7.98. The summed E-state index contributed by atoms with van der Waals surface area (Å²) in [5, 5.41) is 9.64. The normalized spacial score (nSPS) is 16.5. The first-order chi connectivity index (χ1) is 10.1. The van der Waals surface area contributed by atoms with E-state index in [-0.39, 0.29) is 5.91 Å². The molecule has 0 aromatic heterocycles. The summed E-state index contributed by atoms with van der Waals surface area (Å²) in [4.78, 5) is 11.6. The molecule has 21 heavy (non-hydrogen) atoms. The maximum atomic E-state index is 11.6. The number of carbonyl (C=O) groups is 1. The molecule has 1 aromatic rings. The predicted molar refractivity (Wildman–Crippen MR) is 92.4 cm³/mol. The highest BCUT2D eigenvalue weighted by atomic mass is 32.2. The fourth-order valence-electron chi connectivity index (χ4n) is 1.88. The minimum Gasteiger partial charge on any atom is -0.479 e. The summed E-state index contributed by atoms with van der Waals surface area (Å²) in [7, 11) is 0. The number of thiocarbonyl (C=S) groups is 1. The van der Waals surface area contributed by atoms with Crippen LogP contribution in [-0.2, 0) is 4.79 Å². The summed E-state index contributed by atoms with van der Waals surface area (Å²) in [5.74, 6) is 1.64. The van der Waals surface area contributed by atoms with E-state index in [1.807, 2.05) is 30.0 Å². The molecule has 0 saturated carbocycles. The van der Waals surface area contributed by atoms with E-state index in [2.05, 4.69) is 22.2 Å². The second-order valence-electron chi connectivity index (χ2n) is 4.69. The fourth-order valence-corrected chi connectivity index (χ4v) is 2.53. The first kappa shape index (κ1) is 15.9. The van der Waals surface area contributed by atoms with Gasteiger partial charge in [-0.25, -0.2) is 0 Å². The predicted octanol–water partition coefficient (Wildman–Crippen LogP) is 2.45. The Hall–Kier alpha value is -1.47. The van der Waals surface area contributed by atoms with Gasteiger partial charge in [0.15, 0.2) is 11.2 Å². The number of ether oxygens (including phenoxy) is 1. The number of anilines is 2. The first-order valence-corrected chi connectivity index (χ1v) is 8.55. The van der Waals surface area contributed by atoms with E-state index < -0.39 is 6.10 Å². The van der Waals surface area contributed by atoms with E-state index in [1.54, 1.807) is 6.92 Å². The first-order valence-electron chi connectivity index (χ1n) is 6.75. The number of hydrogen-bond acceptors (Lipinski definition) is 4. The van der Waals surface area contributed by atoms with E-state index in [0.29, 0.717) is 16.5 Å². The van der Waals surface area contributed by atoms with Crippen LogP contribution in [-0.4, -0.2) is 35.7 Å². The van der Waals surface area contributed by atoms with Crippen LogP contribution in [0.3, 0.4) is 0 Å². The Morgan fingerprint density at radius 3 is 3.10 bits per heavy atom. The Morgan fingerprint density at radius 1 is 1.52 bits per heavy atom. The van der Waals surface area contributed by atoms with Crippen LogP contribution in [0.4, 0.5) is 11.4 Å². The molecule has 2 rings (SSSR count). The Kier molecular flexibility index (Phi) is 5.69. The van der Waals surface area contributed by atoms with Crippen molar-refractivity contribution in [3.05, 3.63) is 18.2 Å². The van der Waals surface area contributed by atoms with Crippen LogP contribution < -0.4 is 20.7 Å². The zero-order valence-corrected chi connectivity index (χ0v) is 13.7. The Bertz CT molecular complexity index is 537. The van der Waals surface area contributed by atoms with Gasteiger partial charge in [0.2, 0.25) is 0 Å². The lowest BCUT2D eigenvalue weighted by Crippen LogP contribution is -2.34. The number of rotatable bonds is 5. The number of nitrogens with one attached hydrogen (secondary N) is 3. The lowest BCUT2D eigenvalue weighted by molar-refractivity contribution is -0.122. The van der Waals surface area contributed by atoms with Gasteiger partial charge in [-0.3, -0.25) is 4.79 Å². The van der Waals surface area contributed by atoms with Crippen molar-refractivity contribution in [1.82, 2.24) is 5.32 Å². The highest BCUT2D eigenvalue weighted by Gasteiger charge is 2.23. The maximum Gasteiger partial charge on any atom is 0.265 e. The van der Waals surface area contributed by atoms with Gasteiger partial charge in [-0.05, 0) is 55.8 Å². The SMILES string of the molecule is CSCCCNC(=S)Nc1ccc2c(c1)NC(=O)[C@@H](C)O2. The molecule has 1 aromatic carbocycles. The molecule has 1 amide bonds. The molecule has 0 spiro atoms. The number of benzene rings is 1. The molecular weight excluding hydrogens is 306 g/mol. The summed E-state index contributed by atoms with van der Waals surface area (Å²) in [6, 6.07) is 5.51. The van der Waals surface area contributed by atoms with Crippen molar-refractivity contribution in [2.75, 3.05) is 29.2 Å². The molecule has 1 aliphatic rings. The van der Waals surface area contributed by atoms with E-state index in [9.17, 15) is 4.79 Å². The van der Waals surface area contributed by atoms with Crippen LogP contribution in [0.15, 0.2) is 18.2 Å².